The van der Waals surface area contributed by atoms with E-state index in [9.17, 15) is 4.79 Å². The fraction of sp³-hybridized carbons (Fsp3) is 0.429. The summed E-state index contributed by atoms with van der Waals surface area (Å²) < 4.78 is 11.9. The van der Waals surface area contributed by atoms with Gasteiger partial charge in [0.25, 0.3) is 5.91 Å². The molecular weight excluding hydrogens is 426 g/mol. The summed E-state index contributed by atoms with van der Waals surface area (Å²) in [5, 5.41) is 4.51. The van der Waals surface area contributed by atoms with Gasteiger partial charge in [0.2, 0.25) is 5.88 Å². The Balaban J connectivity index is 1.53. The number of aryl methyl sites for hydroxylation is 1. The Hall–Kier alpha value is -3.12. The van der Waals surface area contributed by atoms with Gasteiger partial charge in [-0.1, -0.05) is 53.7 Å². The second-order valence-electron chi connectivity index (χ2n) is 9.36. The molecule has 0 saturated carbocycles. The van der Waals surface area contributed by atoms with Gasteiger partial charge in [-0.3, -0.25) is 4.79 Å². The number of benzene rings is 2. The van der Waals surface area contributed by atoms with Crippen molar-refractivity contribution in [1.29, 1.82) is 0 Å². The molecule has 1 unspecified atom stereocenters. The maximum atomic E-state index is 13.8. The van der Waals surface area contributed by atoms with E-state index >= 15 is 0 Å². The Morgan fingerprint density at radius 1 is 1.03 bits per heavy atom. The molecule has 1 atom stereocenters. The third-order valence-corrected chi connectivity index (χ3v) is 6.92. The van der Waals surface area contributed by atoms with Crippen molar-refractivity contribution in [3.63, 3.8) is 0 Å². The van der Waals surface area contributed by atoms with Crippen LogP contribution in [0.1, 0.15) is 53.6 Å². The summed E-state index contributed by atoms with van der Waals surface area (Å²) in [5.74, 6) is 0.826. The van der Waals surface area contributed by atoms with E-state index in [1.54, 1.807) is 0 Å². The lowest BCUT2D eigenvalue weighted by molar-refractivity contribution is 0.0507. The van der Waals surface area contributed by atoms with Gasteiger partial charge in [-0.15, -0.1) is 0 Å². The van der Waals surface area contributed by atoms with Crippen molar-refractivity contribution in [2.45, 2.75) is 51.7 Å². The van der Waals surface area contributed by atoms with E-state index in [-0.39, 0.29) is 12.0 Å². The SMILES string of the molecule is Cc1ccccc1C(=O)N(Cc1c(-c2ccccc2)noc1N1CCCCC1)CC1CCCO1. The molecular formula is C28H33N3O3. The maximum Gasteiger partial charge on any atom is 0.254 e. The molecule has 5 rings (SSSR count). The van der Waals surface area contributed by atoms with Crippen LogP contribution >= 0.6 is 0 Å². The lowest BCUT2D eigenvalue weighted by atomic mass is 10.0. The van der Waals surface area contributed by atoms with Crippen molar-refractivity contribution in [2.24, 2.45) is 0 Å². The molecule has 1 aromatic heterocycles. The van der Waals surface area contributed by atoms with Gasteiger partial charge in [0.1, 0.15) is 5.69 Å². The van der Waals surface area contributed by atoms with Crippen molar-refractivity contribution in [3.8, 4) is 11.3 Å². The number of amides is 1. The average Bonchev–Trinajstić information content (AvgIpc) is 3.55. The molecule has 3 heterocycles. The molecule has 2 fully saturated rings. The smallest absolute Gasteiger partial charge is 0.254 e. The molecule has 178 valence electrons. The predicted octanol–water partition coefficient (Wildman–Crippen LogP) is 5.46. The second-order valence-corrected chi connectivity index (χ2v) is 9.36. The Morgan fingerprint density at radius 2 is 1.79 bits per heavy atom. The van der Waals surface area contributed by atoms with Crippen LogP contribution < -0.4 is 4.90 Å². The van der Waals surface area contributed by atoms with Gasteiger partial charge in [-0.25, -0.2) is 0 Å². The first-order valence-corrected chi connectivity index (χ1v) is 12.5. The van der Waals surface area contributed by atoms with E-state index < -0.39 is 0 Å². The molecule has 2 aromatic carbocycles. The van der Waals surface area contributed by atoms with E-state index in [0.717, 1.165) is 79.2 Å². The first-order chi connectivity index (χ1) is 16.7. The molecule has 0 aliphatic carbocycles. The van der Waals surface area contributed by atoms with Crippen molar-refractivity contribution in [1.82, 2.24) is 10.1 Å². The van der Waals surface area contributed by atoms with Gasteiger partial charge in [-0.05, 0) is 50.7 Å². The normalized spacial score (nSPS) is 18.3. The number of ether oxygens (including phenoxy) is 1. The van der Waals surface area contributed by atoms with Crippen LogP contribution in [0.15, 0.2) is 59.1 Å². The number of carbonyl (C=O) groups is 1. The molecule has 34 heavy (non-hydrogen) atoms. The first kappa shape index (κ1) is 22.7. The van der Waals surface area contributed by atoms with E-state index in [1.165, 1.54) is 6.42 Å². The molecule has 2 aliphatic rings. The summed E-state index contributed by atoms with van der Waals surface area (Å²) in [6, 6.07) is 17.9. The molecule has 0 bridgehead atoms. The van der Waals surface area contributed by atoms with Crippen molar-refractivity contribution in [3.05, 3.63) is 71.3 Å². The minimum atomic E-state index is 0.0263. The van der Waals surface area contributed by atoms with Gasteiger partial charge < -0.3 is 19.1 Å². The number of hydrogen-bond donors (Lipinski definition) is 0. The molecule has 6 heteroatoms. The Morgan fingerprint density at radius 3 is 2.53 bits per heavy atom. The third kappa shape index (κ3) is 4.87. The van der Waals surface area contributed by atoms with Gasteiger partial charge >= 0.3 is 0 Å². The molecule has 2 saturated heterocycles. The van der Waals surface area contributed by atoms with Crippen LogP contribution in [0.4, 0.5) is 5.88 Å². The lowest BCUT2D eigenvalue weighted by Crippen LogP contribution is -2.38. The van der Waals surface area contributed by atoms with Crippen LogP contribution in [-0.2, 0) is 11.3 Å². The average molecular weight is 460 g/mol. The number of piperidine rings is 1. The first-order valence-electron chi connectivity index (χ1n) is 12.5. The van der Waals surface area contributed by atoms with E-state index in [1.807, 2.05) is 54.3 Å². The van der Waals surface area contributed by atoms with Gasteiger partial charge in [0.05, 0.1) is 18.2 Å². The van der Waals surface area contributed by atoms with Crippen LogP contribution in [0.2, 0.25) is 0 Å². The summed E-state index contributed by atoms with van der Waals surface area (Å²) >= 11 is 0. The number of hydrogen-bond acceptors (Lipinski definition) is 5. The van der Waals surface area contributed by atoms with Crippen LogP contribution in [0, 0.1) is 6.92 Å². The van der Waals surface area contributed by atoms with Crippen LogP contribution in [0.25, 0.3) is 11.3 Å². The maximum absolute atomic E-state index is 13.8. The summed E-state index contributed by atoms with van der Waals surface area (Å²) in [5.41, 5.74) is 4.52. The van der Waals surface area contributed by atoms with Gasteiger partial charge in [-0.2, -0.15) is 0 Å². The molecule has 0 radical (unpaired) electrons. The molecule has 0 spiro atoms. The number of aromatic nitrogens is 1. The zero-order chi connectivity index (χ0) is 23.3. The molecule has 2 aliphatic heterocycles. The van der Waals surface area contributed by atoms with E-state index in [0.29, 0.717) is 13.1 Å². The monoisotopic (exact) mass is 459 g/mol. The number of anilines is 1. The summed E-state index contributed by atoms with van der Waals surface area (Å²) in [6.45, 7) is 5.66. The van der Waals surface area contributed by atoms with Gasteiger partial charge in [0.15, 0.2) is 0 Å². The highest BCUT2D eigenvalue weighted by Gasteiger charge is 2.30. The van der Waals surface area contributed by atoms with Crippen molar-refractivity contribution >= 4 is 11.8 Å². The van der Waals surface area contributed by atoms with E-state index in [4.69, 9.17) is 9.26 Å². The topological polar surface area (TPSA) is 58.8 Å². The van der Waals surface area contributed by atoms with Crippen LogP contribution in [0.3, 0.4) is 0 Å². The quantitative estimate of drug-likeness (QED) is 0.469. The minimum Gasteiger partial charge on any atom is -0.376 e. The minimum absolute atomic E-state index is 0.0263. The Labute approximate surface area is 201 Å². The largest absolute Gasteiger partial charge is 0.376 e. The molecule has 3 aromatic rings. The molecule has 6 nitrogen and oxygen atoms in total. The van der Waals surface area contributed by atoms with Crippen LogP contribution in [0.5, 0.6) is 0 Å². The fourth-order valence-corrected chi connectivity index (χ4v) is 5.04. The number of nitrogens with zero attached hydrogens (tertiary/aromatic N) is 3. The zero-order valence-electron chi connectivity index (χ0n) is 19.9. The van der Waals surface area contributed by atoms with Crippen molar-refractivity contribution in [2.75, 3.05) is 31.1 Å². The zero-order valence-corrected chi connectivity index (χ0v) is 19.9. The summed E-state index contributed by atoms with van der Waals surface area (Å²) in [7, 11) is 0. The fourth-order valence-electron chi connectivity index (χ4n) is 5.04. The highest BCUT2D eigenvalue weighted by Crippen LogP contribution is 2.34. The molecule has 0 N–H and O–H groups in total. The highest BCUT2D eigenvalue weighted by molar-refractivity contribution is 5.95. The third-order valence-electron chi connectivity index (χ3n) is 6.92. The Kier molecular flexibility index (Phi) is 6.95. The summed E-state index contributed by atoms with van der Waals surface area (Å²) in [4.78, 5) is 18.0. The second kappa shape index (κ2) is 10.4. The molecule has 1 amide bonds. The van der Waals surface area contributed by atoms with E-state index in [2.05, 4.69) is 22.2 Å². The van der Waals surface area contributed by atoms with Gasteiger partial charge in [0, 0.05) is 37.4 Å². The number of rotatable bonds is 7. The highest BCUT2D eigenvalue weighted by atomic mass is 16.5. The summed E-state index contributed by atoms with van der Waals surface area (Å²) in [6.07, 6.45) is 5.60. The van der Waals surface area contributed by atoms with Crippen molar-refractivity contribution < 1.29 is 14.1 Å². The van der Waals surface area contributed by atoms with Crippen LogP contribution in [-0.4, -0.2) is 48.3 Å². The Bertz CT molecular complexity index is 1100. The lowest BCUT2D eigenvalue weighted by Gasteiger charge is -2.29. The predicted molar refractivity (Wildman–Crippen MR) is 133 cm³/mol. The standard InChI is InChI=1S/C28H33N3O3/c1-21-11-6-7-15-24(21)27(32)31(19-23-14-10-18-33-23)20-25-26(22-12-4-2-5-13-22)29-34-28(25)30-16-8-3-9-17-30/h2,4-7,11-13,15,23H,3,8-10,14,16-20H2,1H3. The number of carbonyl (C=O) groups excluding carboxylic acids is 1.